The van der Waals surface area contributed by atoms with Gasteiger partial charge in [-0.1, -0.05) is 23.2 Å². The number of nitrogens with two attached hydrogens (primary N) is 1. The second-order valence-corrected chi connectivity index (χ2v) is 13.1. The third kappa shape index (κ3) is 10.9. The molecule has 0 aliphatic carbocycles. The van der Waals surface area contributed by atoms with Gasteiger partial charge in [-0.2, -0.15) is 0 Å². The molecule has 0 spiro atoms. The second kappa shape index (κ2) is 20.1. The van der Waals surface area contributed by atoms with Gasteiger partial charge in [-0.25, -0.2) is 23.2 Å². The molecule has 56 heavy (non-hydrogen) atoms. The van der Waals surface area contributed by atoms with Crippen LogP contribution < -0.4 is 15.5 Å². The SMILES string of the molecule is COC(=O)c1ccc(CN(C(=O)N2CCOCC2)c2ccc(F)c(Cl)c2)nc1.NCC(=O)c1ccc(CN(C(=O)N2CCOCC2)c2ccc(F)c(Cl)c2)nc1. The Morgan fingerprint density at radius 3 is 1.50 bits per heavy atom. The number of rotatable bonds is 9. The highest BCUT2D eigenvalue weighted by atomic mass is 35.5. The summed E-state index contributed by atoms with van der Waals surface area (Å²) in [6, 6.07) is 14.2. The van der Waals surface area contributed by atoms with Gasteiger partial charge in [-0.05, 0) is 60.7 Å². The molecule has 0 bridgehead atoms. The number of amides is 4. The summed E-state index contributed by atoms with van der Waals surface area (Å²) < 4.78 is 42.4. The van der Waals surface area contributed by atoms with Crippen molar-refractivity contribution in [3.8, 4) is 0 Å². The third-order valence-corrected chi connectivity index (χ3v) is 9.25. The van der Waals surface area contributed by atoms with Gasteiger partial charge in [-0.15, -0.1) is 0 Å². The fraction of sp³-hybridized carbons (Fsp3) is 0.316. The quantitative estimate of drug-likeness (QED) is 0.167. The van der Waals surface area contributed by atoms with Crippen molar-refractivity contribution in [2.45, 2.75) is 13.1 Å². The maximum Gasteiger partial charge on any atom is 0.339 e. The largest absolute Gasteiger partial charge is 0.465 e. The van der Waals surface area contributed by atoms with Crippen LogP contribution in [-0.4, -0.2) is 110 Å². The van der Waals surface area contributed by atoms with Crippen molar-refractivity contribution in [2.75, 3.05) is 76.1 Å². The number of morpholine rings is 2. The number of benzene rings is 2. The van der Waals surface area contributed by atoms with Gasteiger partial charge in [0.1, 0.15) is 11.6 Å². The van der Waals surface area contributed by atoms with Crippen LogP contribution in [0.1, 0.15) is 32.1 Å². The first-order valence-electron chi connectivity index (χ1n) is 17.4. The van der Waals surface area contributed by atoms with Crippen molar-refractivity contribution in [1.82, 2.24) is 19.8 Å². The van der Waals surface area contributed by atoms with Crippen molar-refractivity contribution < 1.29 is 42.2 Å². The Balaban J connectivity index is 0.000000214. The Morgan fingerprint density at radius 1 is 0.714 bits per heavy atom. The molecule has 2 aliphatic heterocycles. The summed E-state index contributed by atoms with van der Waals surface area (Å²) in [5, 5.41) is -0.152. The zero-order valence-electron chi connectivity index (χ0n) is 30.3. The number of carbonyl (C=O) groups is 4. The Kier molecular flexibility index (Phi) is 15.0. The van der Waals surface area contributed by atoms with Gasteiger partial charge in [0, 0.05) is 55.5 Å². The number of anilines is 2. The summed E-state index contributed by atoms with van der Waals surface area (Å²) in [5.74, 6) is -1.84. The van der Waals surface area contributed by atoms with Crippen molar-refractivity contribution in [3.05, 3.63) is 117 Å². The Labute approximate surface area is 331 Å². The van der Waals surface area contributed by atoms with Crippen LogP contribution in [0.5, 0.6) is 0 Å². The fourth-order valence-electron chi connectivity index (χ4n) is 5.58. The highest BCUT2D eigenvalue weighted by Gasteiger charge is 2.27. The van der Waals surface area contributed by atoms with Crippen LogP contribution in [0.2, 0.25) is 10.0 Å². The van der Waals surface area contributed by atoms with E-state index in [1.165, 1.54) is 65.7 Å². The van der Waals surface area contributed by atoms with Crippen molar-refractivity contribution in [1.29, 1.82) is 0 Å². The minimum absolute atomic E-state index is 0.0749. The van der Waals surface area contributed by atoms with Crippen molar-refractivity contribution in [3.63, 3.8) is 0 Å². The number of carbonyl (C=O) groups excluding carboxylic acids is 4. The summed E-state index contributed by atoms with van der Waals surface area (Å²) >= 11 is 11.8. The third-order valence-electron chi connectivity index (χ3n) is 8.67. The molecule has 2 aromatic heterocycles. The number of ether oxygens (including phenoxy) is 3. The molecule has 2 saturated heterocycles. The predicted octanol–water partition coefficient (Wildman–Crippen LogP) is 5.59. The molecule has 6 rings (SSSR count). The molecule has 18 heteroatoms. The van der Waals surface area contributed by atoms with Crippen LogP contribution in [0.25, 0.3) is 0 Å². The van der Waals surface area contributed by atoms with Gasteiger partial charge >= 0.3 is 18.0 Å². The lowest BCUT2D eigenvalue weighted by molar-refractivity contribution is 0.0548. The van der Waals surface area contributed by atoms with E-state index >= 15 is 0 Å². The van der Waals surface area contributed by atoms with Crippen LogP contribution in [0.15, 0.2) is 73.1 Å². The average Bonchev–Trinajstić information content (AvgIpc) is 3.24. The van der Waals surface area contributed by atoms with Crippen LogP contribution >= 0.6 is 23.2 Å². The molecular weight excluding hydrogens is 775 g/mol. The molecule has 2 fully saturated rings. The maximum absolute atomic E-state index is 13.6. The van der Waals surface area contributed by atoms with Crippen LogP contribution in [0, 0.1) is 11.6 Å². The maximum atomic E-state index is 13.6. The van der Waals surface area contributed by atoms with E-state index < -0.39 is 17.6 Å². The molecule has 2 N–H and O–H groups in total. The topological polar surface area (TPSA) is 161 Å². The standard InChI is InChI=1S/C19H20ClFN4O3.C19H19ClFN3O4/c20-16-9-15(3-4-17(16)21)25(19(27)24-5-7-28-8-6-24)12-14-2-1-13(11-23-14)18(26)10-22;1-27-18(25)13-2-3-14(22-11-13)12-24(15-4-5-17(21)16(20)10-15)19(26)23-6-8-28-9-7-23/h1-4,9,11H,5-8,10,12,22H2;2-5,10-11H,6-9,12H2,1H3. The van der Waals surface area contributed by atoms with Gasteiger partial charge in [0.15, 0.2) is 5.78 Å². The smallest absolute Gasteiger partial charge is 0.339 e. The molecule has 0 atom stereocenters. The normalized spacial score (nSPS) is 14.0. The predicted molar refractivity (Wildman–Crippen MR) is 204 cm³/mol. The Hall–Kier alpha value is -5.26. The van der Waals surface area contributed by atoms with Gasteiger partial charge < -0.3 is 29.7 Å². The number of Topliss-reactive ketones (excluding diaryl/α,β-unsaturated/α-hetero) is 1. The minimum atomic E-state index is -0.565. The summed E-state index contributed by atoms with van der Waals surface area (Å²) in [6.45, 7) is 3.81. The van der Waals surface area contributed by atoms with E-state index in [2.05, 4.69) is 14.7 Å². The number of halogens is 4. The van der Waals surface area contributed by atoms with Gasteiger partial charge in [0.25, 0.3) is 0 Å². The van der Waals surface area contributed by atoms with Crippen LogP contribution in [-0.2, 0) is 27.3 Å². The molecule has 4 heterocycles. The number of hydrogen-bond acceptors (Lipinski definition) is 10. The fourth-order valence-corrected chi connectivity index (χ4v) is 5.93. The number of esters is 1. The molecule has 296 valence electrons. The number of hydrogen-bond donors (Lipinski definition) is 1. The number of aromatic nitrogens is 2. The van der Waals surface area contributed by atoms with Gasteiger partial charge in [-0.3, -0.25) is 24.6 Å². The minimum Gasteiger partial charge on any atom is -0.465 e. The lowest BCUT2D eigenvalue weighted by Gasteiger charge is -2.33. The van der Waals surface area contributed by atoms with Gasteiger partial charge in [0.2, 0.25) is 0 Å². The second-order valence-electron chi connectivity index (χ2n) is 12.3. The highest BCUT2D eigenvalue weighted by molar-refractivity contribution is 6.31. The lowest BCUT2D eigenvalue weighted by atomic mass is 10.1. The number of ketones is 1. The summed E-state index contributed by atoms with van der Waals surface area (Å²) in [5.41, 5.74) is 8.08. The molecule has 4 amide bonds. The first kappa shape index (κ1) is 41.9. The lowest BCUT2D eigenvalue weighted by Crippen LogP contribution is -2.48. The monoisotopic (exact) mass is 813 g/mol. The first-order chi connectivity index (χ1) is 27.0. The molecule has 0 radical (unpaired) electrons. The molecule has 2 aromatic carbocycles. The van der Waals surface area contributed by atoms with E-state index in [9.17, 15) is 28.0 Å². The van der Waals surface area contributed by atoms with E-state index in [0.717, 1.165) is 0 Å². The molecule has 14 nitrogen and oxygen atoms in total. The van der Waals surface area contributed by atoms with Crippen molar-refractivity contribution >= 4 is 58.4 Å². The Morgan fingerprint density at radius 2 is 1.14 bits per heavy atom. The number of urea groups is 2. The van der Waals surface area contributed by atoms with E-state index in [0.29, 0.717) is 86.5 Å². The number of pyridine rings is 2. The van der Waals surface area contributed by atoms with E-state index in [-0.39, 0.29) is 47.5 Å². The van der Waals surface area contributed by atoms with E-state index in [1.807, 2.05) is 0 Å². The van der Waals surface area contributed by atoms with Crippen LogP contribution in [0.3, 0.4) is 0 Å². The Bertz CT molecular complexity index is 1860. The molecule has 0 unspecified atom stereocenters. The molecule has 0 saturated carbocycles. The molecule has 4 aromatic rings. The molecule has 2 aliphatic rings. The zero-order chi connectivity index (χ0) is 40.2. The average molecular weight is 815 g/mol. The van der Waals surface area contributed by atoms with E-state index in [4.69, 9.17) is 38.4 Å². The number of nitrogens with zero attached hydrogens (tertiary/aromatic N) is 6. The molecular formula is C38H39Cl2F2N7O7. The van der Waals surface area contributed by atoms with Crippen LogP contribution in [0.4, 0.5) is 29.7 Å². The highest BCUT2D eigenvalue weighted by Crippen LogP contribution is 2.27. The summed E-state index contributed by atoms with van der Waals surface area (Å²) in [6.07, 6.45) is 2.82. The first-order valence-corrected chi connectivity index (χ1v) is 18.1. The number of methoxy groups -OCH3 is 1. The summed E-state index contributed by atoms with van der Waals surface area (Å²) in [7, 11) is 1.29. The van der Waals surface area contributed by atoms with Crippen molar-refractivity contribution in [2.24, 2.45) is 5.73 Å². The summed E-state index contributed by atoms with van der Waals surface area (Å²) in [4.78, 5) is 64.1. The van der Waals surface area contributed by atoms with Gasteiger partial charge in [0.05, 0.1) is 80.2 Å². The zero-order valence-corrected chi connectivity index (χ0v) is 31.8. The van der Waals surface area contributed by atoms with E-state index in [1.54, 1.807) is 34.1 Å².